The topological polar surface area (TPSA) is 46.2 Å². The molecule has 1 aromatic carbocycles. The van der Waals surface area contributed by atoms with Crippen LogP contribution in [-0.4, -0.2) is 22.4 Å². The normalized spacial score (nSPS) is 16.1. The highest BCUT2D eigenvalue weighted by Crippen LogP contribution is 2.27. The van der Waals surface area contributed by atoms with E-state index in [0.717, 1.165) is 12.8 Å². The summed E-state index contributed by atoms with van der Waals surface area (Å²) >= 11 is 5.85. The second-order valence-corrected chi connectivity index (χ2v) is 6.54. The van der Waals surface area contributed by atoms with Gasteiger partial charge in [-0.3, -0.25) is 9.00 Å². The number of hydrogen-bond acceptors (Lipinski definition) is 2. The monoisotopic (exact) mass is 303 g/mol. The molecule has 0 bridgehead atoms. The summed E-state index contributed by atoms with van der Waals surface area (Å²) in [6, 6.07) is 4.31. The van der Waals surface area contributed by atoms with E-state index in [0.29, 0.717) is 12.5 Å². The Balaban J connectivity index is 1.84. The van der Waals surface area contributed by atoms with Gasteiger partial charge >= 0.3 is 0 Å². The molecule has 0 aromatic heterocycles. The van der Waals surface area contributed by atoms with Crippen LogP contribution in [-0.2, 0) is 21.3 Å². The van der Waals surface area contributed by atoms with Gasteiger partial charge in [-0.25, -0.2) is 4.39 Å². The molecule has 1 aliphatic rings. The lowest BCUT2D eigenvalue weighted by Crippen LogP contribution is -2.30. The summed E-state index contributed by atoms with van der Waals surface area (Å²) in [5.41, 5.74) is 0.206. The smallest absolute Gasteiger partial charge is 0.232 e. The molecule has 1 amide bonds. The largest absolute Gasteiger partial charge is 0.355 e. The maximum Gasteiger partial charge on any atom is 0.232 e. The second-order valence-electron chi connectivity index (χ2n) is 4.68. The fraction of sp³-hybridized carbons (Fsp3) is 0.462. The van der Waals surface area contributed by atoms with Gasteiger partial charge in [0.2, 0.25) is 5.91 Å². The van der Waals surface area contributed by atoms with Crippen LogP contribution in [0.3, 0.4) is 0 Å². The van der Waals surface area contributed by atoms with E-state index < -0.39 is 16.6 Å². The average Bonchev–Trinajstić information content (AvgIpc) is 3.15. The van der Waals surface area contributed by atoms with Gasteiger partial charge in [0.25, 0.3) is 0 Å². The third kappa shape index (κ3) is 4.58. The summed E-state index contributed by atoms with van der Waals surface area (Å²) in [6.45, 7) is 0.649. The molecule has 0 unspecified atom stereocenters. The number of amides is 1. The Bertz CT molecular complexity index is 485. The molecular weight excluding hydrogens is 289 g/mol. The first-order valence-corrected chi connectivity index (χ1v) is 7.97. The second kappa shape index (κ2) is 6.48. The van der Waals surface area contributed by atoms with Crippen LogP contribution in [0.2, 0.25) is 5.02 Å². The van der Waals surface area contributed by atoms with Crippen molar-refractivity contribution in [3.8, 4) is 0 Å². The summed E-state index contributed by atoms with van der Waals surface area (Å²) in [6.07, 6.45) is 2.29. The van der Waals surface area contributed by atoms with E-state index in [1.165, 1.54) is 12.1 Å². The van der Waals surface area contributed by atoms with Crippen molar-refractivity contribution in [3.05, 3.63) is 34.6 Å². The molecule has 0 radical (unpaired) electrons. The van der Waals surface area contributed by atoms with Gasteiger partial charge in [-0.15, -0.1) is 0 Å². The Labute approximate surface area is 119 Å². The van der Waals surface area contributed by atoms with Crippen molar-refractivity contribution in [2.24, 2.45) is 5.92 Å². The van der Waals surface area contributed by atoms with Gasteiger partial charge in [-0.2, -0.15) is 0 Å². The summed E-state index contributed by atoms with van der Waals surface area (Å²) in [5.74, 6) is -0.310. The van der Waals surface area contributed by atoms with Crippen LogP contribution in [0.25, 0.3) is 0 Å². The lowest BCUT2D eigenvalue weighted by molar-refractivity contribution is -0.118. The molecule has 1 fully saturated rings. The van der Waals surface area contributed by atoms with Crippen molar-refractivity contribution in [1.29, 1.82) is 0 Å². The summed E-state index contributed by atoms with van der Waals surface area (Å²) in [4.78, 5) is 11.5. The van der Waals surface area contributed by atoms with Crippen LogP contribution < -0.4 is 5.32 Å². The zero-order valence-corrected chi connectivity index (χ0v) is 11.9. The van der Waals surface area contributed by atoms with Crippen LogP contribution >= 0.6 is 11.6 Å². The molecule has 1 aromatic rings. The quantitative estimate of drug-likeness (QED) is 0.876. The fourth-order valence-corrected chi connectivity index (χ4v) is 3.08. The van der Waals surface area contributed by atoms with Gasteiger partial charge in [0.15, 0.2) is 0 Å². The molecule has 1 aliphatic carbocycles. The number of halogens is 2. The standard InChI is InChI=1S/C13H15ClFNO2S/c14-11-2-1-3-12(15)10(11)7-19(18)8-13(17)16-6-9-4-5-9/h1-3,9H,4-8H2,(H,16,17)/t19-/m0/s1. The Morgan fingerprint density at radius 2 is 2.21 bits per heavy atom. The Kier molecular flexibility index (Phi) is 4.93. The average molecular weight is 304 g/mol. The number of carbonyl (C=O) groups excluding carboxylic acids is 1. The molecule has 3 nitrogen and oxygen atoms in total. The van der Waals surface area contributed by atoms with E-state index in [-0.39, 0.29) is 28.0 Å². The van der Waals surface area contributed by atoms with Gasteiger partial charge in [0.05, 0.1) is 5.75 Å². The third-order valence-corrected chi connectivity index (χ3v) is 4.49. The Hall–Kier alpha value is -0.940. The van der Waals surface area contributed by atoms with Gasteiger partial charge in [0, 0.05) is 27.9 Å². The van der Waals surface area contributed by atoms with Crippen LogP contribution in [0.4, 0.5) is 4.39 Å². The molecule has 0 spiro atoms. The van der Waals surface area contributed by atoms with Crippen LogP contribution in [0.1, 0.15) is 18.4 Å². The van der Waals surface area contributed by atoms with E-state index in [2.05, 4.69) is 5.32 Å². The first-order valence-electron chi connectivity index (χ1n) is 6.11. The number of benzene rings is 1. The van der Waals surface area contributed by atoms with Gasteiger partial charge in [-0.1, -0.05) is 17.7 Å². The summed E-state index contributed by atoms with van der Waals surface area (Å²) < 4.78 is 25.3. The fourth-order valence-electron chi connectivity index (χ4n) is 1.66. The maximum absolute atomic E-state index is 13.5. The third-order valence-electron chi connectivity index (χ3n) is 2.94. The van der Waals surface area contributed by atoms with E-state index in [1.54, 1.807) is 6.07 Å². The SMILES string of the molecule is O=C(C[S@@](=O)Cc1c(F)cccc1Cl)NCC1CC1. The predicted molar refractivity (Wildman–Crippen MR) is 73.9 cm³/mol. The zero-order chi connectivity index (χ0) is 13.8. The maximum atomic E-state index is 13.5. The minimum Gasteiger partial charge on any atom is -0.355 e. The molecule has 1 atom stereocenters. The van der Waals surface area contributed by atoms with Crippen molar-refractivity contribution in [2.45, 2.75) is 18.6 Å². The summed E-state index contributed by atoms with van der Waals surface area (Å²) in [7, 11) is -1.45. The van der Waals surface area contributed by atoms with Crippen molar-refractivity contribution >= 4 is 28.3 Å². The lowest BCUT2D eigenvalue weighted by atomic mass is 10.2. The zero-order valence-electron chi connectivity index (χ0n) is 10.3. The highest BCUT2D eigenvalue weighted by atomic mass is 35.5. The van der Waals surface area contributed by atoms with E-state index in [1.807, 2.05) is 0 Å². The van der Waals surface area contributed by atoms with Crippen LogP contribution in [0.5, 0.6) is 0 Å². The molecule has 2 rings (SSSR count). The minimum atomic E-state index is -1.45. The number of carbonyl (C=O) groups is 1. The number of rotatable bonds is 6. The molecule has 1 saturated carbocycles. The van der Waals surface area contributed by atoms with Crippen molar-refractivity contribution in [1.82, 2.24) is 5.32 Å². The van der Waals surface area contributed by atoms with Crippen molar-refractivity contribution < 1.29 is 13.4 Å². The molecule has 19 heavy (non-hydrogen) atoms. The molecular formula is C13H15ClFNO2S. The highest BCUT2D eigenvalue weighted by molar-refractivity contribution is 7.84. The molecule has 6 heteroatoms. The van der Waals surface area contributed by atoms with Gasteiger partial charge in [0.1, 0.15) is 11.6 Å². The minimum absolute atomic E-state index is 0.0393. The van der Waals surface area contributed by atoms with Crippen LogP contribution in [0.15, 0.2) is 18.2 Å². The van der Waals surface area contributed by atoms with Crippen molar-refractivity contribution in [2.75, 3.05) is 12.3 Å². The first-order chi connectivity index (χ1) is 9.06. The van der Waals surface area contributed by atoms with Gasteiger partial charge < -0.3 is 5.32 Å². The molecule has 1 N–H and O–H groups in total. The molecule has 0 saturated heterocycles. The number of nitrogens with one attached hydrogen (secondary N) is 1. The Morgan fingerprint density at radius 3 is 2.84 bits per heavy atom. The van der Waals surface area contributed by atoms with E-state index >= 15 is 0 Å². The number of hydrogen-bond donors (Lipinski definition) is 1. The first kappa shape index (κ1) is 14.5. The van der Waals surface area contributed by atoms with E-state index in [9.17, 15) is 13.4 Å². The highest BCUT2D eigenvalue weighted by Gasteiger charge is 2.22. The lowest BCUT2D eigenvalue weighted by Gasteiger charge is -2.07. The molecule has 0 aliphatic heterocycles. The Morgan fingerprint density at radius 1 is 1.47 bits per heavy atom. The molecule has 104 valence electrons. The van der Waals surface area contributed by atoms with Crippen molar-refractivity contribution in [3.63, 3.8) is 0 Å². The van der Waals surface area contributed by atoms with Gasteiger partial charge in [-0.05, 0) is 30.9 Å². The van der Waals surface area contributed by atoms with E-state index in [4.69, 9.17) is 11.6 Å². The summed E-state index contributed by atoms with van der Waals surface area (Å²) in [5, 5.41) is 2.97. The predicted octanol–water partition coefficient (Wildman–Crippen LogP) is 2.25. The molecule has 0 heterocycles. The van der Waals surface area contributed by atoms with Crippen LogP contribution in [0, 0.1) is 11.7 Å².